The summed E-state index contributed by atoms with van der Waals surface area (Å²) in [6, 6.07) is 9.19. The molecule has 0 radical (unpaired) electrons. The summed E-state index contributed by atoms with van der Waals surface area (Å²) in [7, 11) is -3.51. The number of furan rings is 1. The normalized spacial score (nSPS) is 17.3. The summed E-state index contributed by atoms with van der Waals surface area (Å²) in [5.41, 5.74) is 2.59. The van der Waals surface area contributed by atoms with Crippen molar-refractivity contribution in [2.45, 2.75) is 37.5 Å². The van der Waals surface area contributed by atoms with Crippen molar-refractivity contribution in [1.82, 2.24) is 4.31 Å². The Morgan fingerprint density at radius 3 is 2.58 bits per heavy atom. The van der Waals surface area contributed by atoms with Gasteiger partial charge in [-0.25, -0.2) is 12.8 Å². The Morgan fingerprint density at radius 2 is 1.81 bits per heavy atom. The van der Waals surface area contributed by atoms with Crippen LogP contribution in [-0.2, 0) is 16.4 Å². The number of aryl methyl sites for hydroxylation is 2. The molecule has 0 saturated carbocycles. The molecular weight excluding hydrogens is 419 g/mol. The van der Waals surface area contributed by atoms with Crippen LogP contribution in [0.3, 0.4) is 0 Å². The zero-order valence-electron chi connectivity index (χ0n) is 17.2. The molecule has 0 atom stereocenters. The number of amides is 1. The van der Waals surface area contributed by atoms with Crippen molar-refractivity contribution in [3.05, 3.63) is 59.1 Å². The Hall–Kier alpha value is -2.71. The number of carbonyl (C=O) groups is 1. The van der Waals surface area contributed by atoms with Crippen molar-refractivity contribution in [3.8, 4) is 0 Å². The van der Waals surface area contributed by atoms with Gasteiger partial charge in [0.1, 0.15) is 11.4 Å². The van der Waals surface area contributed by atoms with Gasteiger partial charge in [-0.3, -0.25) is 4.79 Å². The third-order valence-electron chi connectivity index (χ3n) is 6.21. The summed E-state index contributed by atoms with van der Waals surface area (Å²) in [5, 5.41) is 0.577. The van der Waals surface area contributed by atoms with Crippen molar-refractivity contribution in [3.63, 3.8) is 0 Å². The molecule has 31 heavy (non-hydrogen) atoms. The van der Waals surface area contributed by atoms with Gasteiger partial charge >= 0.3 is 0 Å². The molecule has 162 valence electrons. The first-order chi connectivity index (χ1) is 14.9. The molecule has 1 saturated heterocycles. The third-order valence-corrected chi connectivity index (χ3v) is 8.10. The van der Waals surface area contributed by atoms with E-state index in [0.717, 1.165) is 24.8 Å². The van der Waals surface area contributed by atoms with E-state index in [1.54, 1.807) is 30.0 Å². The average molecular weight is 443 g/mol. The highest BCUT2D eigenvalue weighted by molar-refractivity contribution is 7.89. The van der Waals surface area contributed by atoms with Crippen LogP contribution in [0.5, 0.6) is 0 Å². The fourth-order valence-corrected chi connectivity index (χ4v) is 6.11. The van der Waals surface area contributed by atoms with Gasteiger partial charge in [-0.15, -0.1) is 0 Å². The van der Waals surface area contributed by atoms with Crippen LogP contribution in [0, 0.1) is 12.7 Å². The number of anilines is 1. The smallest absolute Gasteiger partial charge is 0.294 e. The Balaban J connectivity index is 1.51. The summed E-state index contributed by atoms with van der Waals surface area (Å²) >= 11 is 0. The predicted molar refractivity (Wildman–Crippen MR) is 115 cm³/mol. The number of sulfonamides is 1. The predicted octanol–water partition coefficient (Wildman–Crippen LogP) is 4.26. The summed E-state index contributed by atoms with van der Waals surface area (Å²) in [4.78, 5) is 15.2. The number of rotatable bonds is 3. The number of fused-ring (bicyclic) bond motifs is 2. The highest BCUT2D eigenvalue weighted by Crippen LogP contribution is 2.34. The van der Waals surface area contributed by atoms with Gasteiger partial charge in [0.25, 0.3) is 5.91 Å². The van der Waals surface area contributed by atoms with Gasteiger partial charge in [0.2, 0.25) is 10.0 Å². The van der Waals surface area contributed by atoms with Crippen LogP contribution in [0.1, 0.15) is 40.9 Å². The second kappa shape index (κ2) is 7.46. The van der Waals surface area contributed by atoms with E-state index in [1.807, 2.05) is 0 Å². The minimum absolute atomic E-state index is 0.183. The lowest BCUT2D eigenvalue weighted by atomic mass is 10.0. The van der Waals surface area contributed by atoms with Crippen molar-refractivity contribution >= 4 is 32.6 Å². The first kappa shape index (κ1) is 20.2. The van der Waals surface area contributed by atoms with Crippen molar-refractivity contribution in [2.24, 2.45) is 0 Å². The molecule has 0 unspecified atom stereocenters. The highest BCUT2D eigenvalue weighted by atomic mass is 32.2. The van der Waals surface area contributed by atoms with E-state index in [1.165, 1.54) is 22.5 Å². The maximum atomic E-state index is 13.6. The van der Waals surface area contributed by atoms with Gasteiger partial charge in [-0.1, -0.05) is 0 Å². The largest absolute Gasteiger partial charge is 0.451 e. The van der Waals surface area contributed by atoms with Gasteiger partial charge in [0.05, 0.1) is 4.90 Å². The standard InChI is InChI=1S/C23H23FN2O4S/c1-15-19-14-17(24)6-9-21(19)30-22(15)23(27)26-12-4-5-16-13-18(7-8-20(16)26)31(28,29)25-10-2-3-11-25/h6-9,13-14H,2-5,10-12H2,1H3. The summed E-state index contributed by atoms with van der Waals surface area (Å²) in [6.45, 7) is 3.36. The number of halogens is 1. The zero-order chi connectivity index (χ0) is 21.8. The Bertz CT molecular complexity index is 1290. The van der Waals surface area contributed by atoms with Gasteiger partial charge in [-0.05, 0) is 74.6 Å². The fraction of sp³-hybridized carbons (Fsp3) is 0.348. The molecule has 2 aliphatic rings. The molecule has 6 nitrogen and oxygen atoms in total. The quantitative estimate of drug-likeness (QED) is 0.608. The highest BCUT2D eigenvalue weighted by Gasteiger charge is 2.31. The number of hydrogen-bond donors (Lipinski definition) is 0. The number of nitrogens with zero attached hydrogens (tertiary/aromatic N) is 2. The second-order valence-electron chi connectivity index (χ2n) is 8.16. The number of carbonyl (C=O) groups excluding carboxylic acids is 1. The van der Waals surface area contributed by atoms with E-state index < -0.39 is 10.0 Å². The molecule has 2 aromatic carbocycles. The molecule has 8 heteroatoms. The third kappa shape index (κ3) is 3.34. The molecular formula is C23H23FN2O4S. The molecule has 5 rings (SSSR count). The average Bonchev–Trinajstić information content (AvgIpc) is 3.42. The summed E-state index contributed by atoms with van der Waals surface area (Å²) in [6.07, 6.45) is 3.19. The van der Waals surface area contributed by atoms with Gasteiger partial charge in [-0.2, -0.15) is 4.31 Å². The van der Waals surface area contributed by atoms with Crippen LogP contribution in [0.2, 0.25) is 0 Å². The minimum Gasteiger partial charge on any atom is -0.451 e. The van der Waals surface area contributed by atoms with Crippen LogP contribution in [-0.4, -0.2) is 38.3 Å². The van der Waals surface area contributed by atoms with Crippen LogP contribution in [0.15, 0.2) is 45.7 Å². The van der Waals surface area contributed by atoms with E-state index in [4.69, 9.17) is 4.42 Å². The molecule has 0 N–H and O–H groups in total. The van der Waals surface area contributed by atoms with E-state index in [2.05, 4.69) is 0 Å². The van der Waals surface area contributed by atoms with Crippen LogP contribution in [0.25, 0.3) is 11.0 Å². The van der Waals surface area contributed by atoms with Crippen molar-refractivity contribution < 1.29 is 22.0 Å². The van der Waals surface area contributed by atoms with Gasteiger partial charge < -0.3 is 9.32 Å². The molecule has 1 fully saturated rings. The van der Waals surface area contributed by atoms with E-state index >= 15 is 0 Å². The molecule has 0 aliphatic carbocycles. The van der Waals surface area contributed by atoms with E-state index in [0.29, 0.717) is 48.3 Å². The van der Waals surface area contributed by atoms with Crippen molar-refractivity contribution in [1.29, 1.82) is 0 Å². The maximum absolute atomic E-state index is 13.6. The van der Waals surface area contributed by atoms with Crippen LogP contribution >= 0.6 is 0 Å². The first-order valence-corrected chi connectivity index (χ1v) is 11.9. The Morgan fingerprint density at radius 1 is 1.03 bits per heavy atom. The zero-order valence-corrected chi connectivity index (χ0v) is 18.0. The lowest BCUT2D eigenvalue weighted by Crippen LogP contribution is -2.36. The first-order valence-electron chi connectivity index (χ1n) is 10.5. The van der Waals surface area contributed by atoms with E-state index in [9.17, 15) is 17.6 Å². The molecule has 1 aromatic heterocycles. The van der Waals surface area contributed by atoms with Crippen LogP contribution < -0.4 is 4.90 Å². The second-order valence-corrected chi connectivity index (χ2v) is 10.1. The summed E-state index contributed by atoms with van der Waals surface area (Å²) < 4.78 is 46.8. The molecule has 2 aliphatic heterocycles. The van der Waals surface area contributed by atoms with E-state index in [-0.39, 0.29) is 22.4 Å². The Kier molecular flexibility index (Phi) is 4.86. The monoisotopic (exact) mass is 442 g/mol. The summed E-state index contributed by atoms with van der Waals surface area (Å²) in [5.74, 6) is -0.502. The molecule has 0 spiro atoms. The molecule has 3 aromatic rings. The number of benzene rings is 2. The minimum atomic E-state index is -3.51. The molecule has 1 amide bonds. The SMILES string of the molecule is Cc1c(C(=O)N2CCCc3cc(S(=O)(=O)N4CCCC4)ccc32)oc2ccc(F)cc12. The maximum Gasteiger partial charge on any atom is 0.294 e. The lowest BCUT2D eigenvalue weighted by Gasteiger charge is -2.29. The molecule has 3 heterocycles. The molecule has 0 bridgehead atoms. The Labute approximate surface area is 180 Å². The number of hydrogen-bond acceptors (Lipinski definition) is 4. The lowest BCUT2D eigenvalue weighted by molar-refractivity contribution is 0.0959. The van der Waals surface area contributed by atoms with Gasteiger partial charge in [0.15, 0.2) is 5.76 Å². The topological polar surface area (TPSA) is 70.8 Å². The fourth-order valence-electron chi connectivity index (χ4n) is 4.54. The van der Waals surface area contributed by atoms with Crippen molar-refractivity contribution in [2.75, 3.05) is 24.5 Å². The van der Waals surface area contributed by atoms with Crippen LogP contribution in [0.4, 0.5) is 10.1 Å². The van der Waals surface area contributed by atoms with Gasteiger partial charge in [0, 0.05) is 36.3 Å².